The first-order valence-electron chi connectivity index (χ1n) is 7.67. The number of hydrogen-bond acceptors (Lipinski definition) is 3. The normalized spacial score (nSPS) is 10.2. The number of amides is 2. The van der Waals surface area contributed by atoms with Crippen LogP contribution in [0.4, 0.5) is 10.1 Å². The van der Waals surface area contributed by atoms with E-state index < -0.39 is 5.82 Å². The summed E-state index contributed by atoms with van der Waals surface area (Å²) in [4.78, 5) is 23.7. The Balaban J connectivity index is 1.72. The van der Waals surface area contributed by atoms with Gasteiger partial charge in [-0.1, -0.05) is 11.6 Å². The summed E-state index contributed by atoms with van der Waals surface area (Å²) < 4.78 is 18.6. The Labute approximate surface area is 150 Å². The molecule has 0 aromatic heterocycles. The smallest absolute Gasteiger partial charge is 0.251 e. The summed E-state index contributed by atoms with van der Waals surface area (Å²) in [5.74, 6) is -0.483. The molecule has 0 aliphatic rings. The van der Waals surface area contributed by atoms with Gasteiger partial charge in [-0.2, -0.15) is 0 Å². The van der Waals surface area contributed by atoms with Gasteiger partial charge in [-0.15, -0.1) is 0 Å². The van der Waals surface area contributed by atoms with Crippen LogP contribution in [0.25, 0.3) is 0 Å². The lowest BCUT2D eigenvalue weighted by atomic mass is 10.2. The minimum Gasteiger partial charge on any atom is -0.497 e. The fraction of sp³-hybridized carbons (Fsp3) is 0.222. The highest BCUT2D eigenvalue weighted by Crippen LogP contribution is 2.19. The second-order valence-corrected chi connectivity index (χ2v) is 5.70. The van der Waals surface area contributed by atoms with Crippen molar-refractivity contribution in [3.63, 3.8) is 0 Å². The van der Waals surface area contributed by atoms with Gasteiger partial charge in [0.05, 0.1) is 12.8 Å². The number of ether oxygens (including phenoxy) is 1. The number of nitrogens with one attached hydrogen (secondary N) is 2. The Hall–Kier alpha value is -2.60. The van der Waals surface area contributed by atoms with Gasteiger partial charge in [0.15, 0.2) is 0 Å². The number of methoxy groups -OCH3 is 1. The summed E-state index contributed by atoms with van der Waals surface area (Å²) in [6.07, 6.45) is 0.591. The van der Waals surface area contributed by atoms with Crippen molar-refractivity contribution in [2.45, 2.75) is 12.8 Å². The first kappa shape index (κ1) is 18.7. The Morgan fingerprint density at radius 1 is 1.16 bits per heavy atom. The van der Waals surface area contributed by atoms with Crippen LogP contribution in [0.2, 0.25) is 5.02 Å². The SMILES string of the molecule is COc1ccc(C(=O)NCCCC(=O)Nc2ccc(Cl)cc2F)cc1. The largest absolute Gasteiger partial charge is 0.497 e. The van der Waals surface area contributed by atoms with Crippen molar-refractivity contribution in [1.82, 2.24) is 5.32 Å². The number of carbonyl (C=O) groups excluding carboxylic acids is 2. The summed E-state index contributed by atoms with van der Waals surface area (Å²) in [5.41, 5.74) is 0.588. The zero-order chi connectivity index (χ0) is 18.2. The number of rotatable bonds is 7. The quantitative estimate of drug-likeness (QED) is 0.737. The molecule has 0 bridgehead atoms. The number of halogens is 2. The molecule has 2 N–H and O–H groups in total. The van der Waals surface area contributed by atoms with Crippen molar-refractivity contribution < 1.29 is 18.7 Å². The zero-order valence-corrected chi connectivity index (χ0v) is 14.4. The lowest BCUT2D eigenvalue weighted by Crippen LogP contribution is -2.25. The second-order valence-electron chi connectivity index (χ2n) is 5.26. The summed E-state index contributed by atoms with van der Waals surface area (Å²) in [5, 5.41) is 5.45. The molecular formula is C18H18ClFN2O3. The summed E-state index contributed by atoms with van der Waals surface area (Å²) in [6, 6.07) is 10.7. The number of carbonyl (C=O) groups is 2. The third-order valence-corrected chi connectivity index (χ3v) is 3.66. The van der Waals surface area contributed by atoms with Crippen LogP contribution < -0.4 is 15.4 Å². The number of anilines is 1. The van der Waals surface area contributed by atoms with Gasteiger partial charge in [-0.25, -0.2) is 4.39 Å². The minimum atomic E-state index is -0.589. The topological polar surface area (TPSA) is 67.4 Å². The maximum absolute atomic E-state index is 13.6. The van der Waals surface area contributed by atoms with Gasteiger partial charge in [-0.3, -0.25) is 9.59 Å². The molecule has 132 valence electrons. The third-order valence-electron chi connectivity index (χ3n) is 3.42. The van der Waals surface area contributed by atoms with Gasteiger partial charge in [0.25, 0.3) is 5.91 Å². The average Bonchev–Trinajstić information content (AvgIpc) is 2.61. The highest BCUT2D eigenvalue weighted by molar-refractivity contribution is 6.30. The molecule has 0 heterocycles. The van der Waals surface area contributed by atoms with Crippen molar-refractivity contribution in [3.8, 4) is 5.75 Å². The van der Waals surface area contributed by atoms with Gasteiger partial charge >= 0.3 is 0 Å². The predicted molar refractivity (Wildman–Crippen MR) is 94.6 cm³/mol. The molecule has 0 radical (unpaired) electrons. The standard InChI is InChI=1S/C18H18ClFN2O3/c1-25-14-7-4-12(5-8-14)18(24)21-10-2-3-17(23)22-16-9-6-13(19)11-15(16)20/h4-9,11H,2-3,10H2,1H3,(H,21,24)(H,22,23). The summed E-state index contributed by atoms with van der Waals surface area (Å²) in [7, 11) is 1.55. The molecule has 0 aliphatic heterocycles. The van der Waals surface area contributed by atoms with Crippen LogP contribution in [-0.2, 0) is 4.79 Å². The van der Waals surface area contributed by atoms with E-state index in [1.54, 1.807) is 31.4 Å². The van der Waals surface area contributed by atoms with Gasteiger partial charge in [0, 0.05) is 23.6 Å². The molecule has 2 aromatic rings. The van der Waals surface area contributed by atoms with E-state index in [4.69, 9.17) is 16.3 Å². The second kappa shape index (κ2) is 9.03. The summed E-state index contributed by atoms with van der Waals surface area (Å²) in [6.45, 7) is 0.335. The van der Waals surface area contributed by atoms with E-state index in [9.17, 15) is 14.0 Å². The van der Waals surface area contributed by atoms with E-state index in [1.807, 2.05) is 0 Å². The fourth-order valence-electron chi connectivity index (χ4n) is 2.10. The molecule has 2 rings (SSSR count). The van der Waals surface area contributed by atoms with Crippen LogP contribution in [0.3, 0.4) is 0 Å². The molecule has 0 spiro atoms. The third kappa shape index (κ3) is 5.76. The van der Waals surface area contributed by atoms with Crippen molar-refractivity contribution in [1.29, 1.82) is 0 Å². The zero-order valence-electron chi connectivity index (χ0n) is 13.6. The van der Waals surface area contributed by atoms with Crippen LogP contribution in [0.15, 0.2) is 42.5 Å². The first-order chi connectivity index (χ1) is 12.0. The van der Waals surface area contributed by atoms with Crippen LogP contribution in [0.1, 0.15) is 23.2 Å². The summed E-state index contributed by atoms with van der Waals surface area (Å²) >= 11 is 5.65. The Morgan fingerprint density at radius 3 is 2.52 bits per heavy atom. The molecule has 0 aliphatic carbocycles. The molecule has 0 saturated carbocycles. The van der Waals surface area contributed by atoms with E-state index in [2.05, 4.69) is 10.6 Å². The van der Waals surface area contributed by atoms with Gasteiger partial charge in [-0.05, 0) is 48.9 Å². The Morgan fingerprint density at radius 2 is 1.88 bits per heavy atom. The highest BCUT2D eigenvalue weighted by atomic mass is 35.5. The van der Waals surface area contributed by atoms with Crippen LogP contribution in [-0.4, -0.2) is 25.5 Å². The number of hydrogen-bond donors (Lipinski definition) is 2. The van der Waals surface area contributed by atoms with Crippen molar-refractivity contribution in [3.05, 3.63) is 58.9 Å². The molecule has 2 aromatic carbocycles. The number of benzene rings is 2. The van der Waals surface area contributed by atoms with E-state index >= 15 is 0 Å². The van der Waals surface area contributed by atoms with Crippen LogP contribution in [0, 0.1) is 5.82 Å². The highest BCUT2D eigenvalue weighted by Gasteiger charge is 2.09. The Bertz CT molecular complexity index is 750. The first-order valence-corrected chi connectivity index (χ1v) is 8.04. The molecule has 0 unspecified atom stereocenters. The lowest BCUT2D eigenvalue weighted by molar-refractivity contribution is -0.116. The van der Waals surface area contributed by atoms with E-state index in [1.165, 1.54) is 12.1 Å². The van der Waals surface area contributed by atoms with Crippen LogP contribution >= 0.6 is 11.6 Å². The van der Waals surface area contributed by atoms with Crippen molar-refractivity contribution in [2.24, 2.45) is 0 Å². The van der Waals surface area contributed by atoms with Gasteiger partial charge in [0.2, 0.25) is 5.91 Å². The predicted octanol–water partition coefficient (Wildman–Crippen LogP) is 3.64. The van der Waals surface area contributed by atoms with E-state index in [-0.39, 0.29) is 28.9 Å². The molecule has 2 amide bonds. The minimum absolute atomic E-state index is 0.0802. The lowest BCUT2D eigenvalue weighted by Gasteiger charge is -2.08. The molecule has 0 atom stereocenters. The average molecular weight is 365 g/mol. The van der Waals surface area contributed by atoms with Gasteiger partial charge < -0.3 is 15.4 Å². The van der Waals surface area contributed by atoms with Crippen molar-refractivity contribution in [2.75, 3.05) is 19.0 Å². The molecule has 5 nitrogen and oxygen atoms in total. The van der Waals surface area contributed by atoms with Crippen molar-refractivity contribution >= 4 is 29.1 Å². The monoisotopic (exact) mass is 364 g/mol. The van der Waals surface area contributed by atoms with E-state index in [0.29, 0.717) is 24.3 Å². The molecule has 7 heteroatoms. The van der Waals surface area contributed by atoms with Gasteiger partial charge in [0.1, 0.15) is 11.6 Å². The molecular weight excluding hydrogens is 347 g/mol. The maximum Gasteiger partial charge on any atom is 0.251 e. The van der Waals surface area contributed by atoms with Crippen LogP contribution in [0.5, 0.6) is 5.75 Å². The molecule has 0 fully saturated rings. The Kier molecular flexibility index (Phi) is 6.77. The maximum atomic E-state index is 13.6. The fourth-order valence-corrected chi connectivity index (χ4v) is 2.26. The molecule has 0 saturated heterocycles. The molecule has 25 heavy (non-hydrogen) atoms. The van der Waals surface area contributed by atoms with E-state index in [0.717, 1.165) is 6.07 Å².